The molecule has 2 aliphatic rings. The molecular weight excluding hydrogens is 367 g/mol. The van der Waals surface area contributed by atoms with Gasteiger partial charge in [-0.15, -0.1) is 24.0 Å². The number of guanidine groups is 1. The standard InChI is InChI=1S/C14H28N4O.HI/c1-15-14(16-9-13-5-4-7-17(13)2)18-8-6-12(10-18)11-19-3;/h12-13H,4-11H2,1-3H3,(H,15,16);1H. The van der Waals surface area contributed by atoms with Crippen LogP contribution >= 0.6 is 24.0 Å². The highest BCUT2D eigenvalue weighted by Crippen LogP contribution is 2.17. The predicted molar refractivity (Wildman–Crippen MR) is 94.0 cm³/mol. The summed E-state index contributed by atoms with van der Waals surface area (Å²) in [4.78, 5) is 9.22. The number of rotatable bonds is 4. The van der Waals surface area contributed by atoms with Crippen LogP contribution in [-0.2, 0) is 4.74 Å². The molecule has 0 saturated carbocycles. The molecule has 0 spiro atoms. The van der Waals surface area contributed by atoms with E-state index in [4.69, 9.17) is 4.74 Å². The molecule has 0 aromatic rings. The molecule has 0 bridgehead atoms. The van der Waals surface area contributed by atoms with Gasteiger partial charge in [-0.1, -0.05) is 0 Å². The van der Waals surface area contributed by atoms with Crippen LogP contribution in [0, 0.1) is 5.92 Å². The van der Waals surface area contributed by atoms with Gasteiger partial charge >= 0.3 is 0 Å². The first-order valence-electron chi connectivity index (χ1n) is 7.39. The Hall–Kier alpha value is -0.0800. The van der Waals surface area contributed by atoms with Gasteiger partial charge in [0, 0.05) is 45.8 Å². The normalized spacial score (nSPS) is 27.8. The Bertz CT molecular complexity index is 314. The van der Waals surface area contributed by atoms with Crippen LogP contribution in [0.25, 0.3) is 0 Å². The molecule has 118 valence electrons. The van der Waals surface area contributed by atoms with Crippen molar-refractivity contribution in [2.45, 2.75) is 25.3 Å². The zero-order valence-corrected chi connectivity index (χ0v) is 15.3. The van der Waals surface area contributed by atoms with Crippen molar-refractivity contribution in [3.8, 4) is 0 Å². The van der Waals surface area contributed by atoms with E-state index in [-0.39, 0.29) is 24.0 Å². The maximum Gasteiger partial charge on any atom is 0.193 e. The van der Waals surface area contributed by atoms with Crippen LogP contribution in [0.2, 0.25) is 0 Å². The van der Waals surface area contributed by atoms with Crippen molar-refractivity contribution in [3.63, 3.8) is 0 Å². The fourth-order valence-electron chi connectivity index (χ4n) is 3.18. The minimum Gasteiger partial charge on any atom is -0.384 e. The summed E-state index contributed by atoms with van der Waals surface area (Å²) in [5, 5.41) is 3.54. The molecule has 2 atom stereocenters. The molecule has 2 aliphatic heterocycles. The lowest BCUT2D eigenvalue weighted by Gasteiger charge is -2.25. The molecule has 0 aromatic carbocycles. The highest BCUT2D eigenvalue weighted by atomic mass is 127. The van der Waals surface area contributed by atoms with E-state index in [1.54, 1.807) is 7.11 Å². The smallest absolute Gasteiger partial charge is 0.193 e. The fraction of sp³-hybridized carbons (Fsp3) is 0.929. The molecule has 0 amide bonds. The SMILES string of the molecule is CN=C(NCC1CCCN1C)N1CCC(COC)C1.I. The van der Waals surface area contributed by atoms with Crippen LogP contribution in [0.1, 0.15) is 19.3 Å². The average molecular weight is 396 g/mol. The highest BCUT2D eigenvalue weighted by Gasteiger charge is 2.26. The van der Waals surface area contributed by atoms with Crippen LogP contribution in [-0.4, -0.2) is 75.8 Å². The maximum absolute atomic E-state index is 5.25. The van der Waals surface area contributed by atoms with Crippen molar-refractivity contribution in [2.24, 2.45) is 10.9 Å². The van der Waals surface area contributed by atoms with Gasteiger partial charge in [0.05, 0.1) is 6.61 Å². The van der Waals surface area contributed by atoms with Crippen molar-refractivity contribution in [1.82, 2.24) is 15.1 Å². The summed E-state index contributed by atoms with van der Waals surface area (Å²) >= 11 is 0. The van der Waals surface area contributed by atoms with Gasteiger partial charge in [0.2, 0.25) is 0 Å². The lowest BCUT2D eigenvalue weighted by atomic mass is 10.1. The van der Waals surface area contributed by atoms with E-state index in [9.17, 15) is 0 Å². The highest BCUT2D eigenvalue weighted by molar-refractivity contribution is 14.0. The fourth-order valence-corrected chi connectivity index (χ4v) is 3.18. The van der Waals surface area contributed by atoms with E-state index < -0.39 is 0 Å². The Morgan fingerprint density at radius 1 is 1.35 bits per heavy atom. The molecule has 0 radical (unpaired) electrons. The van der Waals surface area contributed by atoms with Crippen LogP contribution in [0.3, 0.4) is 0 Å². The Morgan fingerprint density at radius 3 is 2.75 bits per heavy atom. The topological polar surface area (TPSA) is 40.1 Å². The summed E-state index contributed by atoms with van der Waals surface area (Å²) in [6, 6.07) is 0.661. The Labute approximate surface area is 140 Å². The molecule has 0 aliphatic carbocycles. The Morgan fingerprint density at radius 2 is 2.15 bits per heavy atom. The second kappa shape index (κ2) is 9.04. The number of likely N-dealkylation sites (tertiary alicyclic amines) is 2. The number of hydrogen-bond donors (Lipinski definition) is 1. The van der Waals surface area contributed by atoms with Crippen LogP contribution in [0.4, 0.5) is 0 Å². The van der Waals surface area contributed by atoms with E-state index >= 15 is 0 Å². The number of hydrogen-bond acceptors (Lipinski definition) is 3. The third-order valence-electron chi connectivity index (χ3n) is 4.37. The minimum absolute atomic E-state index is 0. The van der Waals surface area contributed by atoms with E-state index in [1.807, 2.05) is 7.05 Å². The molecule has 2 saturated heterocycles. The third kappa shape index (κ3) is 4.73. The Kier molecular flexibility index (Phi) is 8.13. The second-order valence-corrected chi connectivity index (χ2v) is 5.76. The number of aliphatic imine (C=N–C) groups is 1. The first-order chi connectivity index (χ1) is 9.24. The monoisotopic (exact) mass is 396 g/mol. The van der Waals surface area contributed by atoms with E-state index in [1.165, 1.54) is 25.8 Å². The number of methoxy groups -OCH3 is 1. The molecule has 0 aromatic heterocycles. The summed E-state index contributed by atoms with van der Waals surface area (Å²) in [5.74, 6) is 1.71. The molecule has 2 unspecified atom stereocenters. The molecule has 5 nitrogen and oxygen atoms in total. The van der Waals surface area contributed by atoms with Gasteiger partial charge in [0.15, 0.2) is 5.96 Å². The van der Waals surface area contributed by atoms with Gasteiger partial charge in [-0.2, -0.15) is 0 Å². The second-order valence-electron chi connectivity index (χ2n) is 5.76. The lowest BCUT2D eigenvalue weighted by Crippen LogP contribution is -2.45. The van der Waals surface area contributed by atoms with Crippen molar-refractivity contribution in [1.29, 1.82) is 0 Å². The summed E-state index contributed by atoms with van der Waals surface area (Å²) in [5.41, 5.74) is 0. The third-order valence-corrected chi connectivity index (χ3v) is 4.37. The largest absolute Gasteiger partial charge is 0.384 e. The average Bonchev–Trinajstić information content (AvgIpc) is 3.01. The van der Waals surface area contributed by atoms with Crippen molar-refractivity contribution >= 4 is 29.9 Å². The van der Waals surface area contributed by atoms with Crippen molar-refractivity contribution < 1.29 is 4.74 Å². The molecule has 6 heteroatoms. The first kappa shape index (κ1) is 18.0. The first-order valence-corrected chi connectivity index (χ1v) is 7.39. The predicted octanol–water partition coefficient (Wildman–Crippen LogP) is 1.24. The lowest BCUT2D eigenvalue weighted by molar-refractivity contribution is 0.157. The van der Waals surface area contributed by atoms with Gasteiger partial charge in [-0.25, -0.2) is 0 Å². The molecule has 20 heavy (non-hydrogen) atoms. The number of likely N-dealkylation sites (N-methyl/N-ethyl adjacent to an activating group) is 1. The quantitative estimate of drug-likeness (QED) is 0.441. The maximum atomic E-state index is 5.25. The van der Waals surface area contributed by atoms with Gasteiger partial charge in [-0.05, 0) is 32.9 Å². The number of nitrogens with one attached hydrogen (secondary N) is 1. The van der Waals surface area contributed by atoms with Gasteiger partial charge in [0.25, 0.3) is 0 Å². The zero-order valence-electron chi connectivity index (χ0n) is 13.0. The Balaban J connectivity index is 0.00000200. The summed E-state index contributed by atoms with van der Waals surface area (Å²) < 4.78 is 5.25. The summed E-state index contributed by atoms with van der Waals surface area (Å²) in [6.45, 7) is 5.25. The summed E-state index contributed by atoms with van der Waals surface area (Å²) in [7, 11) is 5.88. The molecule has 2 heterocycles. The van der Waals surface area contributed by atoms with Gasteiger partial charge < -0.3 is 19.9 Å². The number of nitrogens with zero attached hydrogens (tertiary/aromatic N) is 3. The molecule has 1 N–H and O–H groups in total. The van der Waals surface area contributed by atoms with Crippen LogP contribution in [0.15, 0.2) is 4.99 Å². The van der Waals surface area contributed by atoms with Gasteiger partial charge in [0.1, 0.15) is 0 Å². The van der Waals surface area contributed by atoms with E-state index in [0.717, 1.165) is 32.2 Å². The summed E-state index contributed by atoms with van der Waals surface area (Å²) in [6.07, 6.45) is 3.83. The zero-order chi connectivity index (χ0) is 13.7. The molecular formula is C14H29IN4O. The molecule has 2 rings (SSSR count). The van der Waals surface area contributed by atoms with Crippen molar-refractivity contribution in [3.05, 3.63) is 0 Å². The van der Waals surface area contributed by atoms with Gasteiger partial charge in [-0.3, -0.25) is 4.99 Å². The van der Waals surface area contributed by atoms with Crippen LogP contribution < -0.4 is 5.32 Å². The van der Waals surface area contributed by atoms with E-state index in [2.05, 4.69) is 27.2 Å². The minimum atomic E-state index is 0. The number of halogens is 1. The van der Waals surface area contributed by atoms with Crippen molar-refractivity contribution in [2.75, 3.05) is 54.0 Å². The molecule has 2 fully saturated rings. The van der Waals surface area contributed by atoms with E-state index in [0.29, 0.717) is 12.0 Å². The number of ether oxygens (including phenoxy) is 1. The van der Waals surface area contributed by atoms with Crippen LogP contribution in [0.5, 0.6) is 0 Å².